The molecule has 3 nitrogen and oxygen atoms in total. The van der Waals surface area contributed by atoms with Gasteiger partial charge < -0.3 is 10.5 Å². The lowest BCUT2D eigenvalue weighted by atomic mass is 10.4. The van der Waals surface area contributed by atoms with Crippen molar-refractivity contribution in [2.24, 2.45) is 0 Å². The summed E-state index contributed by atoms with van der Waals surface area (Å²) in [6, 6.07) is 3.70. The van der Waals surface area contributed by atoms with E-state index >= 15 is 0 Å². The molecule has 0 aliphatic carbocycles. The van der Waals surface area contributed by atoms with Crippen LogP contribution in [0.25, 0.3) is 0 Å². The van der Waals surface area contributed by atoms with E-state index in [1.54, 1.807) is 18.0 Å². The van der Waals surface area contributed by atoms with Crippen LogP contribution in [0.3, 0.4) is 0 Å². The van der Waals surface area contributed by atoms with Crippen LogP contribution in [0.2, 0.25) is 0 Å². The number of nitrogens with two attached hydrogens (primary N) is 1. The minimum Gasteiger partial charge on any atom is -0.397 e. The monoisotopic (exact) mass is 212 g/mol. The van der Waals surface area contributed by atoms with E-state index in [1.807, 2.05) is 12.1 Å². The summed E-state index contributed by atoms with van der Waals surface area (Å²) in [6.45, 7) is 3.69. The van der Waals surface area contributed by atoms with Gasteiger partial charge in [-0.1, -0.05) is 6.92 Å². The summed E-state index contributed by atoms with van der Waals surface area (Å²) in [5, 5.41) is 0.896. The van der Waals surface area contributed by atoms with Crippen molar-refractivity contribution < 1.29 is 4.74 Å². The molecule has 0 saturated carbocycles. The van der Waals surface area contributed by atoms with Gasteiger partial charge >= 0.3 is 0 Å². The predicted molar refractivity (Wildman–Crippen MR) is 60.5 cm³/mol. The molecule has 0 unspecified atom stereocenters. The first-order valence-electron chi connectivity index (χ1n) is 4.75. The Morgan fingerprint density at radius 1 is 1.50 bits per heavy atom. The molecule has 0 amide bonds. The lowest BCUT2D eigenvalue weighted by Gasteiger charge is -2.04. The standard InChI is InChI=1S/C10H16N2OS/c1-2-6-13-7-8-14-10-9(11)4-3-5-12-10/h3-5H,2,6-8,11H2,1H3. The van der Waals surface area contributed by atoms with Gasteiger partial charge in [0.15, 0.2) is 0 Å². The van der Waals surface area contributed by atoms with Gasteiger partial charge in [0.1, 0.15) is 5.03 Å². The van der Waals surface area contributed by atoms with Crippen molar-refractivity contribution in [3.63, 3.8) is 0 Å². The molecular formula is C10H16N2OS. The Labute approximate surface area is 89.1 Å². The van der Waals surface area contributed by atoms with Crippen LogP contribution in [0.1, 0.15) is 13.3 Å². The number of hydrogen-bond donors (Lipinski definition) is 1. The minimum atomic E-state index is 0.744. The number of thioether (sulfide) groups is 1. The molecule has 4 heteroatoms. The molecule has 0 bridgehead atoms. The predicted octanol–water partition coefficient (Wildman–Crippen LogP) is 2.18. The smallest absolute Gasteiger partial charge is 0.119 e. The molecule has 0 spiro atoms. The molecule has 0 aromatic carbocycles. The second kappa shape index (κ2) is 6.68. The lowest BCUT2D eigenvalue weighted by molar-refractivity contribution is 0.151. The molecule has 78 valence electrons. The summed E-state index contributed by atoms with van der Waals surface area (Å²) in [4.78, 5) is 4.18. The maximum Gasteiger partial charge on any atom is 0.119 e. The normalized spacial score (nSPS) is 10.4. The van der Waals surface area contributed by atoms with Crippen LogP contribution in [0.15, 0.2) is 23.4 Å². The lowest BCUT2D eigenvalue weighted by Crippen LogP contribution is -1.99. The highest BCUT2D eigenvalue weighted by atomic mass is 32.2. The molecule has 0 aliphatic heterocycles. The number of ether oxygens (including phenoxy) is 1. The molecule has 1 aromatic rings. The topological polar surface area (TPSA) is 48.1 Å². The SMILES string of the molecule is CCCOCCSc1ncccc1N. The maximum absolute atomic E-state index is 5.74. The van der Waals surface area contributed by atoms with Crippen molar-refractivity contribution in [3.8, 4) is 0 Å². The fourth-order valence-corrected chi connectivity index (χ4v) is 1.73. The van der Waals surface area contributed by atoms with E-state index in [4.69, 9.17) is 10.5 Å². The number of nitrogens with zero attached hydrogens (tertiary/aromatic N) is 1. The maximum atomic E-state index is 5.74. The van der Waals surface area contributed by atoms with Crippen molar-refractivity contribution in [1.82, 2.24) is 4.98 Å². The van der Waals surface area contributed by atoms with Crippen LogP contribution in [-0.4, -0.2) is 24.0 Å². The van der Waals surface area contributed by atoms with Gasteiger partial charge in [0.2, 0.25) is 0 Å². The van der Waals surface area contributed by atoms with E-state index in [0.717, 1.165) is 36.1 Å². The van der Waals surface area contributed by atoms with Crippen LogP contribution in [-0.2, 0) is 4.74 Å². The fourth-order valence-electron chi connectivity index (χ4n) is 0.968. The highest BCUT2D eigenvalue weighted by Crippen LogP contribution is 2.20. The molecule has 2 N–H and O–H groups in total. The van der Waals surface area contributed by atoms with Crippen molar-refractivity contribution >= 4 is 17.4 Å². The molecule has 0 atom stereocenters. The molecule has 0 radical (unpaired) electrons. The van der Waals surface area contributed by atoms with Crippen molar-refractivity contribution in [3.05, 3.63) is 18.3 Å². The van der Waals surface area contributed by atoms with Gasteiger partial charge in [-0.05, 0) is 18.6 Å². The van der Waals surface area contributed by atoms with Crippen molar-refractivity contribution in [2.45, 2.75) is 18.4 Å². The van der Waals surface area contributed by atoms with Crippen molar-refractivity contribution in [2.75, 3.05) is 24.7 Å². The van der Waals surface area contributed by atoms with Crippen LogP contribution < -0.4 is 5.73 Å². The minimum absolute atomic E-state index is 0.744. The summed E-state index contributed by atoms with van der Waals surface area (Å²) in [7, 11) is 0. The molecule has 1 aromatic heterocycles. The van der Waals surface area contributed by atoms with Gasteiger partial charge in [0.25, 0.3) is 0 Å². The second-order valence-corrected chi connectivity index (χ2v) is 3.94. The van der Waals surface area contributed by atoms with Gasteiger partial charge in [0.05, 0.1) is 12.3 Å². The first-order chi connectivity index (χ1) is 6.84. The highest BCUT2D eigenvalue weighted by molar-refractivity contribution is 7.99. The first-order valence-corrected chi connectivity index (χ1v) is 5.74. The van der Waals surface area contributed by atoms with Gasteiger partial charge in [-0.15, -0.1) is 11.8 Å². The number of aromatic nitrogens is 1. The average molecular weight is 212 g/mol. The Hall–Kier alpha value is -0.740. The van der Waals surface area contributed by atoms with E-state index in [0.29, 0.717) is 0 Å². The number of pyridine rings is 1. The second-order valence-electron chi connectivity index (χ2n) is 2.86. The van der Waals surface area contributed by atoms with Crippen LogP contribution in [0, 0.1) is 0 Å². The Morgan fingerprint density at radius 3 is 3.07 bits per heavy atom. The summed E-state index contributed by atoms with van der Waals surface area (Å²) in [6.07, 6.45) is 2.82. The molecule has 0 fully saturated rings. The van der Waals surface area contributed by atoms with E-state index < -0.39 is 0 Å². The van der Waals surface area contributed by atoms with Crippen LogP contribution >= 0.6 is 11.8 Å². The summed E-state index contributed by atoms with van der Waals surface area (Å²) in [5.74, 6) is 0.904. The first kappa shape index (κ1) is 11.3. The molecule has 14 heavy (non-hydrogen) atoms. The molecular weight excluding hydrogens is 196 g/mol. The van der Waals surface area contributed by atoms with Gasteiger partial charge in [0, 0.05) is 18.6 Å². The quantitative estimate of drug-likeness (QED) is 0.580. The van der Waals surface area contributed by atoms with Gasteiger partial charge in [-0.2, -0.15) is 0 Å². The summed E-state index contributed by atoms with van der Waals surface area (Å²) >= 11 is 1.64. The zero-order valence-corrected chi connectivity index (χ0v) is 9.22. The van der Waals surface area contributed by atoms with Crippen molar-refractivity contribution in [1.29, 1.82) is 0 Å². The Kier molecular flexibility index (Phi) is 5.40. The van der Waals surface area contributed by atoms with E-state index in [9.17, 15) is 0 Å². The average Bonchev–Trinajstić information content (AvgIpc) is 2.20. The number of rotatable bonds is 6. The third-order valence-corrected chi connectivity index (χ3v) is 2.60. The zero-order chi connectivity index (χ0) is 10.2. The molecule has 0 aliphatic rings. The highest BCUT2D eigenvalue weighted by Gasteiger charge is 1.99. The van der Waals surface area contributed by atoms with E-state index in [1.165, 1.54) is 0 Å². The van der Waals surface area contributed by atoms with Gasteiger partial charge in [-0.3, -0.25) is 0 Å². The van der Waals surface area contributed by atoms with E-state index in [2.05, 4.69) is 11.9 Å². The van der Waals surface area contributed by atoms with Crippen LogP contribution in [0.4, 0.5) is 5.69 Å². The Bertz CT molecular complexity index is 268. The number of nitrogen functional groups attached to an aromatic ring is 1. The molecule has 0 saturated heterocycles. The number of anilines is 1. The summed E-state index contributed by atoms with van der Waals surface area (Å²) in [5.41, 5.74) is 6.48. The molecule has 1 rings (SSSR count). The summed E-state index contributed by atoms with van der Waals surface area (Å²) < 4.78 is 5.35. The Balaban J connectivity index is 2.21. The third-order valence-electron chi connectivity index (χ3n) is 1.62. The van der Waals surface area contributed by atoms with Crippen LogP contribution in [0.5, 0.6) is 0 Å². The van der Waals surface area contributed by atoms with Gasteiger partial charge in [-0.25, -0.2) is 4.98 Å². The largest absolute Gasteiger partial charge is 0.397 e. The van der Waals surface area contributed by atoms with E-state index in [-0.39, 0.29) is 0 Å². The molecule has 1 heterocycles. The third kappa shape index (κ3) is 3.98. The number of hydrogen-bond acceptors (Lipinski definition) is 4. The Morgan fingerprint density at radius 2 is 2.36 bits per heavy atom. The fraction of sp³-hybridized carbons (Fsp3) is 0.500. The zero-order valence-electron chi connectivity index (χ0n) is 8.40.